The summed E-state index contributed by atoms with van der Waals surface area (Å²) >= 11 is 12.2. The van der Waals surface area contributed by atoms with E-state index in [1.165, 1.54) is 0 Å². The molecule has 1 aromatic rings. The fourth-order valence-corrected chi connectivity index (χ4v) is 2.17. The number of halogens is 2. The van der Waals surface area contributed by atoms with Crippen LogP contribution >= 0.6 is 23.2 Å². The number of rotatable bonds is 6. The standard InChI is InChI=1S/C12H20Cl2N4/c1-5-15-11-9(13)6-10(14)12(17-11)16-8(2)7-18(3)4/h6,8H,5,7H2,1-4H3,(H2,15,16,17). The average Bonchev–Trinajstić information content (AvgIpc) is 2.24. The molecule has 102 valence electrons. The van der Waals surface area contributed by atoms with Gasteiger partial charge >= 0.3 is 0 Å². The Balaban J connectivity index is 2.84. The third-order valence-corrected chi connectivity index (χ3v) is 2.87. The zero-order valence-electron chi connectivity index (χ0n) is 11.2. The van der Waals surface area contributed by atoms with Gasteiger partial charge in [-0.05, 0) is 34.0 Å². The largest absolute Gasteiger partial charge is 0.369 e. The van der Waals surface area contributed by atoms with Crippen molar-refractivity contribution in [2.75, 3.05) is 37.8 Å². The second-order valence-electron chi connectivity index (χ2n) is 4.49. The van der Waals surface area contributed by atoms with E-state index in [2.05, 4.69) is 27.4 Å². The number of anilines is 2. The molecule has 0 amide bonds. The predicted molar refractivity (Wildman–Crippen MR) is 80.1 cm³/mol. The highest BCUT2D eigenvalue weighted by Gasteiger charge is 2.11. The van der Waals surface area contributed by atoms with Gasteiger partial charge in [-0.25, -0.2) is 4.98 Å². The van der Waals surface area contributed by atoms with Crippen LogP contribution in [0.5, 0.6) is 0 Å². The van der Waals surface area contributed by atoms with E-state index in [9.17, 15) is 0 Å². The minimum absolute atomic E-state index is 0.251. The van der Waals surface area contributed by atoms with Gasteiger partial charge in [-0.3, -0.25) is 0 Å². The van der Waals surface area contributed by atoms with E-state index in [1.807, 2.05) is 21.0 Å². The minimum Gasteiger partial charge on any atom is -0.369 e. The summed E-state index contributed by atoms with van der Waals surface area (Å²) in [6.45, 7) is 5.74. The first kappa shape index (κ1) is 15.3. The van der Waals surface area contributed by atoms with Crippen molar-refractivity contribution in [3.05, 3.63) is 16.1 Å². The van der Waals surface area contributed by atoms with Crippen molar-refractivity contribution in [1.29, 1.82) is 0 Å². The van der Waals surface area contributed by atoms with Gasteiger partial charge in [-0.2, -0.15) is 0 Å². The van der Waals surface area contributed by atoms with Crippen LogP contribution in [0.15, 0.2) is 6.07 Å². The molecule has 2 N–H and O–H groups in total. The van der Waals surface area contributed by atoms with Crippen LogP contribution in [0, 0.1) is 0 Å². The molecule has 0 saturated carbocycles. The minimum atomic E-state index is 0.251. The molecule has 6 heteroatoms. The molecule has 0 spiro atoms. The third kappa shape index (κ3) is 4.52. The fourth-order valence-electron chi connectivity index (χ4n) is 1.69. The van der Waals surface area contributed by atoms with E-state index in [0.717, 1.165) is 13.1 Å². The normalized spacial score (nSPS) is 12.6. The summed E-state index contributed by atoms with van der Waals surface area (Å²) in [6, 6.07) is 1.96. The van der Waals surface area contributed by atoms with Gasteiger partial charge in [0.25, 0.3) is 0 Å². The molecule has 18 heavy (non-hydrogen) atoms. The second-order valence-corrected chi connectivity index (χ2v) is 5.30. The SMILES string of the molecule is CCNc1nc(NC(C)CN(C)C)c(Cl)cc1Cl. The van der Waals surface area contributed by atoms with Gasteiger partial charge in [-0.15, -0.1) is 0 Å². The van der Waals surface area contributed by atoms with Crippen molar-refractivity contribution in [2.45, 2.75) is 19.9 Å². The average molecular weight is 291 g/mol. The van der Waals surface area contributed by atoms with Gasteiger partial charge in [0.2, 0.25) is 0 Å². The Morgan fingerprint density at radius 3 is 2.44 bits per heavy atom. The summed E-state index contributed by atoms with van der Waals surface area (Å²) in [4.78, 5) is 6.51. The van der Waals surface area contributed by atoms with E-state index < -0.39 is 0 Å². The second kappa shape index (κ2) is 7.02. The molecule has 0 saturated heterocycles. The molecule has 0 aliphatic rings. The van der Waals surface area contributed by atoms with Crippen LogP contribution in [-0.4, -0.2) is 43.1 Å². The van der Waals surface area contributed by atoms with Gasteiger partial charge in [0.1, 0.15) is 11.6 Å². The van der Waals surface area contributed by atoms with Crippen LogP contribution in [0.4, 0.5) is 11.6 Å². The van der Waals surface area contributed by atoms with Crippen LogP contribution in [-0.2, 0) is 0 Å². The lowest BCUT2D eigenvalue weighted by Gasteiger charge is -2.20. The van der Waals surface area contributed by atoms with Gasteiger partial charge < -0.3 is 15.5 Å². The molecule has 0 aliphatic carbocycles. The first-order valence-electron chi connectivity index (χ1n) is 5.95. The number of hydrogen-bond acceptors (Lipinski definition) is 4. The number of aromatic nitrogens is 1. The summed E-state index contributed by atoms with van der Waals surface area (Å²) in [5.74, 6) is 1.31. The quantitative estimate of drug-likeness (QED) is 0.844. The van der Waals surface area contributed by atoms with Crippen molar-refractivity contribution < 1.29 is 0 Å². The van der Waals surface area contributed by atoms with Crippen molar-refractivity contribution >= 4 is 34.8 Å². The topological polar surface area (TPSA) is 40.2 Å². The molecule has 1 heterocycles. The Labute approximate surface area is 119 Å². The molecule has 1 aromatic heterocycles. The zero-order chi connectivity index (χ0) is 13.7. The zero-order valence-corrected chi connectivity index (χ0v) is 12.7. The lowest BCUT2D eigenvalue weighted by atomic mass is 10.3. The molecule has 0 radical (unpaired) electrons. The van der Waals surface area contributed by atoms with Crippen LogP contribution < -0.4 is 10.6 Å². The molecular formula is C12H20Cl2N4. The van der Waals surface area contributed by atoms with Crippen molar-refractivity contribution in [1.82, 2.24) is 9.88 Å². The number of nitrogens with zero attached hydrogens (tertiary/aromatic N) is 2. The predicted octanol–water partition coefficient (Wildman–Crippen LogP) is 3.18. The van der Waals surface area contributed by atoms with E-state index >= 15 is 0 Å². The summed E-state index contributed by atoms with van der Waals surface area (Å²) < 4.78 is 0. The fraction of sp³-hybridized carbons (Fsp3) is 0.583. The first-order valence-corrected chi connectivity index (χ1v) is 6.70. The Morgan fingerprint density at radius 1 is 1.28 bits per heavy atom. The van der Waals surface area contributed by atoms with E-state index in [1.54, 1.807) is 6.07 Å². The Morgan fingerprint density at radius 2 is 1.89 bits per heavy atom. The highest BCUT2D eigenvalue weighted by molar-refractivity contribution is 6.37. The van der Waals surface area contributed by atoms with Crippen LogP contribution in [0.3, 0.4) is 0 Å². The third-order valence-electron chi connectivity index (χ3n) is 2.30. The van der Waals surface area contributed by atoms with E-state index in [4.69, 9.17) is 23.2 Å². The Kier molecular flexibility index (Phi) is 5.99. The maximum atomic E-state index is 6.13. The van der Waals surface area contributed by atoms with Gasteiger partial charge in [0, 0.05) is 19.1 Å². The Hall–Kier alpha value is -0.710. The molecule has 1 atom stereocenters. The van der Waals surface area contributed by atoms with Crippen LogP contribution in [0.1, 0.15) is 13.8 Å². The molecule has 1 unspecified atom stereocenters. The maximum Gasteiger partial charge on any atom is 0.147 e. The number of nitrogens with one attached hydrogen (secondary N) is 2. The number of hydrogen-bond donors (Lipinski definition) is 2. The van der Waals surface area contributed by atoms with E-state index in [0.29, 0.717) is 21.7 Å². The lowest BCUT2D eigenvalue weighted by molar-refractivity contribution is 0.392. The molecule has 0 aromatic carbocycles. The summed E-state index contributed by atoms with van der Waals surface area (Å²) in [7, 11) is 4.05. The summed E-state index contributed by atoms with van der Waals surface area (Å²) in [5, 5.41) is 7.46. The molecule has 0 aliphatic heterocycles. The number of likely N-dealkylation sites (N-methyl/N-ethyl adjacent to an activating group) is 1. The molecular weight excluding hydrogens is 271 g/mol. The monoisotopic (exact) mass is 290 g/mol. The number of pyridine rings is 1. The van der Waals surface area contributed by atoms with Crippen LogP contribution in [0.2, 0.25) is 10.0 Å². The molecule has 1 rings (SSSR count). The van der Waals surface area contributed by atoms with E-state index in [-0.39, 0.29) is 6.04 Å². The van der Waals surface area contributed by atoms with Crippen LogP contribution in [0.25, 0.3) is 0 Å². The van der Waals surface area contributed by atoms with Crippen molar-refractivity contribution in [3.63, 3.8) is 0 Å². The Bertz CT molecular complexity index is 396. The highest BCUT2D eigenvalue weighted by Crippen LogP contribution is 2.29. The lowest BCUT2D eigenvalue weighted by Crippen LogP contribution is -2.30. The smallest absolute Gasteiger partial charge is 0.147 e. The summed E-state index contributed by atoms with van der Waals surface area (Å²) in [6.07, 6.45) is 0. The van der Waals surface area contributed by atoms with Gasteiger partial charge in [0.05, 0.1) is 10.0 Å². The van der Waals surface area contributed by atoms with Crippen molar-refractivity contribution in [2.24, 2.45) is 0 Å². The maximum absolute atomic E-state index is 6.13. The molecule has 0 fully saturated rings. The van der Waals surface area contributed by atoms with Crippen molar-refractivity contribution in [3.8, 4) is 0 Å². The summed E-state index contributed by atoms with van der Waals surface area (Å²) in [5.41, 5.74) is 0. The van der Waals surface area contributed by atoms with Gasteiger partial charge in [0.15, 0.2) is 0 Å². The first-order chi connectivity index (χ1) is 8.43. The highest BCUT2D eigenvalue weighted by atomic mass is 35.5. The van der Waals surface area contributed by atoms with Gasteiger partial charge in [-0.1, -0.05) is 23.2 Å². The molecule has 0 bridgehead atoms. The molecule has 4 nitrogen and oxygen atoms in total.